The second-order valence-corrected chi connectivity index (χ2v) is 7.18. The summed E-state index contributed by atoms with van der Waals surface area (Å²) >= 11 is 0. The summed E-state index contributed by atoms with van der Waals surface area (Å²) in [6, 6.07) is 11.2. The molecule has 0 amide bonds. The largest absolute Gasteiger partial charge is 0.418 e. The number of rotatable bonds is 3. The molecule has 138 valence electrons. The highest BCUT2D eigenvalue weighted by molar-refractivity contribution is 5.71. The van der Waals surface area contributed by atoms with Gasteiger partial charge in [-0.3, -0.25) is 0 Å². The number of aryl methyl sites for hydroxylation is 1. The third-order valence-corrected chi connectivity index (χ3v) is 5.30. The smallest absolute Gasteiger partial charge is 0.381 e. The van der Waals surface area contributed by atoms with Gasteiger partial charge in [0.25, 0.3) is 0 Å². The van der Waals surface area contributed by atoms with Crippen LogP contribution in [-0.4, -0.2) is 19.1 Å². The molecular weight excluding hydrogens is 339 g/mol. The molecule has 0 bridgehead atoms. The number of nitrogens with one attached hydrogen (secondary N) is 3. The van der Waals surface area contributed by atoms with E-state index in [1.54, 1.807) is 0 Å². The molecule has 0 saturated carbocycles. The highest BCUT2D eigenvalue weighted by atomic mass is 19.4. The van der Waals surface area contributed by atoms with Gasteiger partial charge in [0.05, 0.1) is 11.3 Å². The lowest BCUT2D eigenvalue weighted by Crippen LogP contribution is -2.38. The van der Waals surface area contributed by atoms with Crippen molar-refractivity contribution in [3.05, 3.63) is 58.7 Å². The highest BCUT2D eigenvalue weighted by Gasteiger charge is 2.42. The van der Waals surface area contributed by atoms with Crippen LogP contribution in [0.25, 0.3) is 0 Å². The zero-order chi connectivity index (χ0) is 18.3. The maximum absolute atomic E-state index is 13.6. The summed E-state index contributed by atoms with van der Waals surface area (Å²) in [5.41, 5.74) is 3.17. The van der Waals surface area contributed by atoms with Gasteiger partial charge in [0.2, 0.25) is 0 Å². The fourth-order valence-electron chi connectivity index (χ4n) is 3.90. The average Bonchev–Trinajstić information content (AvgIpc) is 2.98. The lowest BCUT2D eigenvalue weighted by Gasteiger charge is -2.26. The van der Waals surface area contributed by atoms with Crippen molar-refractivity contribution in [2.75, 3.05) is 23.7 Å². The average molecular weight is 361 g/mol. The van der Waals surface area contributed by atoms with Crippen molar-refractivity contribution in [3.63, 3.8) is 0 Å². The molecule has 0 radical (unpaired) electrons. The van der Waals surface area contributed by atoms with Crippen LogP contribution in [0.4, 0.5) is 24.5 Å². The van der Waals surface area contributed by atoms with Crippen LogP contribution in [0.2, 0.25) is 0 Å². The molecule has 2 heterocycles. The molecule has 0 aromatic heterocycles. The number of benzene rings is 2. The molecule has 2 aliphatic heterocycles. The van der Waals surface area contributed by atoms with Crippen LogP contribution in [0.15, 0.2) is 36.4 Å². The van der Waals surface area contributed by atoms with E-state index in [4.69, 9.17) is 0 Å². The Morgan fingerprint density at radius 1 is 1.15 bits per heavy atom. The summed E-state index contributed by atoms with van der Waals surface area (Å²) in [6.45, 7) is 4.05. The molecule has 26 heavy (non-hydrogen) atoms. The first kappa shape index (κ1) is 17.2. The molecule has 0 aliphatic carbocycles. The number of hydrogen-bond acceptors (Lipinski definition) is 3. The summed E-state index contributed by atoms with van der Waals surface area (Å²) < 4.78 is 40.9. The molecule has 3 N–H and O–H groups in total. The van der Waals surface area contributed by atoms with Crippen molar-refractivity contribution in [1.29, 1.82) is 0 Å². The molecule has 4 rings (SSSR count). The van der Waals surface area contributed by atoms with Crippen LogP contribution >= 0.6 is 0 Å². The maximum atomic E-state index is 13.6. The van der Waals surface area contributed by atoms with Crippen molar-refractivity contribution in [2.24, 2.45) is 0 Å². The molecule has 1 fully saturated rings. The van der Waals surface area contributed by atoms with E-state index in [1.165, 1.54) is 6.07 Å². The first-order chi connectivity index (χ1) is 12.4. The molecule has 2 aromatic carbocycles. The van der Waals surface area contributed by atoms with Gasteiger partial charge in [-0.05, 0) is 43.1 Å². The van der Waals surface area contributed by atoms with E-state index in [1.807, 2.05) is 37.3 Å². The normalized spacial score (nSPS) is 21.7. The van der Waals surface area contributed by atoms with Gasteiger partial charge in [-0.2, -0.15) is 13.2 Å². The molecule has 2 aromatic rings. The fraction of sp³-hybridized carbons (Fsp3) is 0.400. The number of fused-ring (bicyclic) bond motifs is 3. The quantitative estimate of drug-likeness (QED) is 0.754. The first-order valence-electron chi connectivity index (χ1n) is 8.93. The Morgan fingerprint density at radius 2 is 1.92 bits per heavy atom. The lowest BCUT2D eigenvalue weighted by molar-refractivity contribution is -0.136. The van der Waals surface area contributed by atoms with E-state index < -0.39 is 11.7 Å². The SMILES string of the molecule is Cc1ccc(CNc2cc3c(c(C(F)(F)F)c2)N[C@@H]2CCNC[C@H]32)cc1. The van der Waals surface area contributed by atoms with Gasteiger partial charge in [0, 0.05) is 30.7 Å². The Hall–Kier alpha value is -2.21. The second kappa shape index (κ2) is 6.50. The zero-order valence-corrected chi connectivity index (χ0v) is 14.6. The monoisotopic (exact) mass is 361 g/mol. The van der Waals surface area contributed by atoms with Crippen molar-refractivity contribution in [1.82, 2.24) is 5.32 Å². The highest BCUT2D eigenvalue weighted by Crippen LogP contribution is 2.47. The molecule has 3 nitrogen and oxygen atoms in total. The number of anilines is 2. The van der Waals surface area contributed by atoms with E-state index in [-0.39, 0.29) is 17.6 Å². The fourth-order valence-corrected chi connectivity index (χ4v) is 3.90. The second-order valence-electron chi connectivity index (χ2n) is 7.18. The van der Waals surface area contributed by atoms with Gasteiger partial charge in [-0.1, -0.05) is 29.8 Å². The number of halogens is 3. The van der Waals surface area contributed by atoms with Gasteiger partial charge in [-0.25, -0.2) is 0 Å². The minimum atomic E-state index is -4.38. The third-order valence-electron chi connectivity index (χ3n) is 5.30. The van der Waals surface area contributed by atoms with E-state index >= 15 is 0 Å². The predicted octanol–water partition coefficient (Wildman–Crippen LogP) is 4.50. The van der Waals surface area contributed by atoms with Gasteiger partial charge < -0.3 is 16.0 Å². The van der Waals surface area contributed by atoms with Gasteiger partial charge in [0.1, 0.15) is 0 Å². The topological polar surface area (TPSA) is 36.1 Å². The molecular formula is C20H22F3N3. The summed E-state index contributed by atoms with van der Waals surface area (Å²) in [4.78, 5) is 0. The van der Waals surface area contributed by atoms with Crippen LogP contribution in [-0.2, 0) is 12.7 Å². The summed E-state index contributed by atoms with van der Waals surface area (Å²) in [5, 5.41) is 9.60. The van der Waals surface area contributed by atoms with E-state index in [9.17, 15) is 13.2 Å². The Bertz CT molecular complexity index is 799. The minimum Gasteiger partial charge on any atom is -0.381 e. The third kappa shape index (κ3) is 3.26. The van der Waals surface area contributed by atoms with Crippen molar-refractivity contribution in [2.45, 2.75) is 38.0 Å². The van der Waals surface area contributed by atoms with Crippen molar-refractivity contribution >= 4 is 11.4 Å². The molecule has 1 saturated heterocycles. The summed E-state index contributed by atoms with van der Waals surface area (Å²) in [5.74, 6) is 0.0842. The Balaban J connectivity index is 1.64. The first-order valence-corrected chi connectivity index (χ1v) is 8.93. The summed E-state index contributed by atoms with van der Waals surface area (Å²) in [7, 11) is 0. The summed E-state index contributed by atoms with van der Waals surface area (Å²) in [6.07, 6.45) is -3.54. The lowest BCUT2D eigenvalue weighted by atomic mass is 9.89. The Kier molecular flexibility index (Phi) is 4.31. The van der Waals surface area contributed by atoms with E-state index in [0.29, 0.717) is 18.8 Å². The Labute approximate surface area is 151 Å². The number of alkyl halides is 3. The van der Waals surface area contributed by atoms with E-state index in [2.05, 4.69) is 16.0 Å². The zero-order valence-electron chi connectivity index (χ0n) is 14.6. The van der Waals surface area contributed by atoms with Crippen LogP contribution in [0.5, 0.6) is 0 Å². The molecule has 6 heteroatoms. The van der Waals surface area contributed by atoms with Crippen molar-refractivity contribution in [3.8, 4) is 0 Å². The molecule has 0 spiro atoms. The minimum absolute atomic E-state index is 0.0831. The van der Waals surface area contributed by atoms with Gasteiger partial charge >= 0.3 is 6.18 Å². The van der Waals surface area contributed by atoms with Crippen LogP contribution in [0.3, 0.4) is 0 Å². The van der Waals surface area contributed by atoms with Crippen LogP contribution < -0.4 is 16.0 Å². The Morgan fingerprint density at radius 3 is 2.65 bits per heavy atom. The number of piperidine rings is 1. The van der Waals surface area contributed by atoms with Crippen LogP contribution in [0, 0.1) is 6.92 Å². The molecule has 2 aliphatic rings. The van der Waals surface area contributed by atoms with Gasteiger partial charge in [-0.15, -0.1) is 0 Å². The maximum Gasteiger partial charge on any atom is 0.418 e. The standard InChI is InChI=1S/C20H22F3N3/c1-12-2-4-13(5-3-12)10-25-14-8-15-16-11-24-7-6-18(16)26-19(15)17(9-14)20(21,22)23/h2-5,8-9,16,18,24-26H,6-7,10-11H2,1H3/t16-,18-/m1/s1. The number of hydrogen-bond donors (Lipinski definition) is 3. The molecule has 2 atom stereocenters. The van der Waals surface area contributed by atoms with Crippen molar-refractivity contribution < 1.29 is 13.2 Å². The van der Waals surface area contributed by atoms with Crippen LogP contribution in [0.1, 0.15) is 34.6 Å². The van der Waals surface area contributed by atoms with Gasteiger partial charge in [0.15, 0.2) is 0 Å². The molecule has 0 unspecified atom stereocenters. The van der Waals surface area contributed by atoms with E-state index in [0.717, 1.165) is 29.7 Å². The predicted molar refractivity (Wildman–Crippen MR) is 97.6 cm³/mol.